The van der Waals surface area contributed by atoms with Crippen molar-refractivity contribution < 1.29 is 29.7 Å². The zero-order valence-corrected chi connectivity index (χ0v) is 11.5. The van der Waals surface area contributed by atoms with Gasteiger partial charge in [-0.05, 0) is 0 Å². The molecule has 2 nitrogen and oxygen atoms in total. The van der Waals surface area contributed by atoms with Crippen molar-refractivity contribution in [3.05, 3.63) is 22.8 Å². The smallest absolute Gasteiger partial charge is 0.106 e. The van der Waals surface area contributed by atoms with Gasteiger partial charge in [-0.1, -0.05) is 26.7 Å². The summed E-state index contributed by atoms with van der Waals surface area (Å²) in [4.78, 5) is 16.0. The number of carbonyl (C=O) groups excluding carboxylic acids is 2. The average molecular weight is 373 g/mol. The molecule has 14 heavy (non-hydrogen) atoms. The Morgan fingerprint density at radius 1 is 1.07 bits per heavy atom. The van der Waals surface area contributed by atoms with E-state index in [1.807, 2.05) is 13.6 Å². The van der Waals surface area contributed by atoms with E-state index in [4.69, 9.17) is 9.59 Å². The molecule has 0 saturated heterocycles. The van der Waals surface area contributed by atoms with Crippen molar-refractivity contribution in [1.29, 1.82) is 0 Å². The second-order valence-corrected chi connectivity index (χ2v) is 2.80. The number of rotatable bonds is 0. The second-order valence-electron chi connectivity index (χ2n) is 2.80. The van der Waals surface area contributed by atoms with Crippen molar-refractivity contribution in [1.82, 2.24) is 0 Å². The molecule has 0 heterocycles. The van der Waals surface area contributed by atoms with E-state index in [1.165, 1.54) is 16.7 Å². The molecule has 0 spiro atoms. The van der Waals surface area contributed by atoms with E-state index in [0.717, 1.165) is 0 Å². The Kier molecular flexibility index (Phi) is 14.4. The first-order chi connectivity index (χ1) is 6.13. The zero-order chi connectivity index (χ0) is 11.0. The molecule has 0 saturated carbocycles. The Morgan fingerprint density at radius 2 is 1.43 bits per heavy atom. The fourth-order valence-corrected chi connectivity index (χ4v) is 1.16. The summed E-state index contributed by atoms with van der Waals surface area (Å²) in [5.74, 6) is 0.560. The van der Waals surface area contributed by atoms with Gasteiger partial charge < -0.3 is 9.59 Å². The van der Waals surface area contributed by atoms with Crippen LogP contribution >= 0.6 is 0 Å². The maximum Gasteiger partial charge on any atom is 0.106 e. The van der Waals surface area contributed by atoms with Crippen molar-refractivity contribution in [2.24, 2.45) is 5.92 Å². The maximum absolute atomic E-state index is 8.00. The van der Waals surface area contributed by atoms with E-state index in [2.05, 4.69) is 33.8 Å². The van der Waals surface area contributed by atoms with Crippen molar-refractivity contribution in [3.63, 3.8) is 0 Å². The zero-order valence-electron chi connectivity index (χ0n) is 9.14. The largest absolute Gasteiger partial charge is 0.307 e. The predicted molar refractivity (Wildman–Crippen MR) is 54.2 cm³/mol. The summed E-state index contributed by atoms with van der Waals surface area (Å²) in [5, 5.41) is 0. The van der Waals surface area contributed by atoms with Gasteiger partial charge in [0, 0.05) is 20.1 Å². The standard InChI is InChI=1S/C9H13.2CH2O.Ir/c1-6-5-7(2)9(4)8(6)3;2*1-2;/h6H,1-4H3;2*1H2;/q-1;;;. The van der Waals surface area contributed by atoms with E-state index < -0.39 is 0 Å². The molecule has 1 rings (SSSR count). The number of hydrogen-bond acceptors (Lipinski definition) is 2. The van der Waals surface area contributed by atoms with E-state index in [1.54, 1.807) is 0 Å². The Balaban J connectivity index is -0.000000216. The van der Waals surface area contributed by atoms with Gasteiger partial charge in [0.05, 0.1) is 0 Å². The van der Waals surface area contributed by atoms with Gasteiger partial charge in [0.2, 0.25) is 0 Å². The SMILES string of the molecule is C=O.C=O.CC1=[C-]C(C)C(C)=C1C.[Ir]. The molecule has 0 aromatic rings. The first kappa shape index (κ1) is 19.1. The molecule has 0 N–H and O–H groups in total. The minimum atomic E-state index is 0. The van der Waals surface area contributed by atoms with Gasteiger partial charge in [0.1, 0.15) is 13.6 Å². The maximum atomic E-state index is 8.00. The van der Waals surface area contributed by atoms with Crippen LogP contribution in [0.1, 0.15) is 27.7 Å². The van der Waals surface area contributed by atoms with Gasteiger partial charge in [-0.15, -0.1) is 6.92 Å². The van der Waals surface area contributed by atoms with E-state index in [9.17, 15) is 0 Å². The van der Waals surface area contributed by atoms with Gasteiger partial charge in [-0.2, -0.15) is 11.1 Å². The van der Waals surface area contributed by atoms with E-state index >= 15 is 0 Å². The normalized spacial score (nSPS) is 18.0. The second kappa shape index (κ2) is 10.5. The number of carbonyl (C=O) groups is 2. The van der Waals surface area contributed by atoms with Crippen LogP contribution in [0.15, 0.2) is 16.7 Å². The molecule has 0 bridgehead atoms. The molecular weight excluding hydrogens is 356 g/mol. The molecular formula is C11H17IrO2-. The summed E-state index contributed by atoms with van der Waals surface area (Å²) in [5.41, 5.74) is 4.25. The minimum absolute atomic E-state index is 0. The Labute approximate surface area is 99.8 Å². The molecule has 1 unspecified atom stereocenters. The molecule has 1 aliphatic rings. The van der Waals surface area contributed by atoms with Gasteiger partial charge in [-0.3, -0.25) is 6.08 Å². The molecule has 0 aliphatic heterocycles. The molecule has 0 fully saturated rings. The summed E-state index contributed by atoms with van der Waals surface area (Å²) in [6, 6.07) is 0. The molecule has 1 aliphatic carbocycles. The quantitative estimate of drug-likeness (QED) is 0.611. The summed E-state index contributed by atoms with van der Waals surface area (Å²) in [6.07, 6.45) is 3.36. The summed E-state index contributed by atoms with van der Waals surface area (Å²) in [7, 11) is 0. The number of hydrogen-bond donors (Lipinski definition) is 0. The molecule has 0 amide bonds. The molecule has 1 radical (unpaired) electrons. The molecule has 1 atom stereocenters. The monoisotopic (exact) mass is 374 g/mol. The Hall–Kier alpha value is -0.531. The first-order valence-corrected chi connectivity index (χ1v) is 3.98. The summed E-state index contributed by atoms with van der Waals surface area (Å²) >= 11 is 0. The van der Waals surface area contributed by atoms with Crippen LogP contribution in [0.2, 0.25) is 0 Å². The fraction of sp³-hybridized carbons (Fsp3) is 0.455. The fourth-order valence-electron chi connectivity index (χ4n) is 1.16. The van der Waals surface area contributed by atoms with Crippen LogP contribution in [0, 0.1) is 12.0 Å². The minimum Gasteiger partial charge on any atom is -0.307 e. The van der Waals surface area contributed by atoms with Crippen molar-refractivity contribution in [2.75, 3.05) is 0 Å². The van der Waals surface area contributed by atoms with Crippen LogP contribution in [0.5, 0.6) is 0 Å². The molecule has 3 heteroatoms. The first-order valence-electron chi connectivity index (χ1n) is 3.98. The third kappa shape index (κ3) is 5.25. The average Bonchev–Trinajstić information content (AvgIpc) is 2.40. The Morgan fingerprint density at radius 3 is 1.50 bits per heavy atom. The van der Waals surface area contributed by atoms with Gasteiger partial charge in [0.25, 0.3) is 0 Å². The van der Waals surface area contributed by atoms with E-state index in [-0.39, 0.29) is 20.1 Å². The summed E-state index contributed by atoms with van der Waals surface area (Å²) < 4.78 is 0. The number of allylic oxidation sites excluding steroid dienone is 4. The van der Waals surface area contributed by atoms with Crippen LogP contribution in [0.3, 0.4) is 0 Å². The predicted octanol–water partition coefficient (Wildman–Crippen LogP) is 2.35. The van der Waals surface area contributed by atoms with Crippen LogP contribution in [-0.2, 0) is 29.7 Å². The van der Waals surface area contributed by atoms with Gasteiger partial charge in [0.15, 0.2) is 0 Å². The van der Waals surface area contributed by atoms with Gasteiger partial charge in [-0.25, -0.2) is 5.57 Å². The van der Waals surface area contributed by atoms with Crippen LogP contribution in [0.4, 0.5) is 0 Å². The third-order valence-electron chi connectivity index (χ3n) is 2.24. The van der Waals surface area contributed by atoms with Crippen molar-refractivity contribution in [3.8, 4) is 0 Å². The van der Waals surface area contributed by atoms with Crippen LogP contribution in [-0.4, -0.2) is 13.6 Å². The Bertz CT molecular complexity index is 217. The van der Waals surface area contributed by atoms with Crippen LogP contribution < -0.4 is 0 Å². The molecule has 0 aromatic carbocycles. The van der Waals surface area contributed by atoms with E-state index in [0.29, 0.717) is 5.92 Å². The van der Waals surface area contributed by atoms with Crippen molar-refractivity contribution >= 4 is 13.6 Å². The van der Waals surface area contributed by atoms with Crippen LogP contribution in [0.25, 0.3) is 0 Å². The topological polar surface area (TPSA) is 34.1 Å². The molecule has 83 valence electrons. The third-order valence-corrected chi connectivity index (χ3v) is 2.24. The van der Waals surface area contributed by atoms with Crippen molar-refractivity contribution in [2.45, 2.75) is 27.7 Å². The summed E-state index contributed by atoms with van der Waals surface area (Å²) in [6.45, 7) is 12.7. The molecule has 0 aromatic heterocycles. The van der Waals surface area contributed by atoms with Gasteiger partial charge >= 0.3 is 0 Å².